The van der Waals surface area contributed by atoms with Gasteiger partial charge in [-0.15, -0.1) is 0 Å². The van der Waals surface area contributed by atoms with E-state index in [4.69, 9.17) is 9.47 Å². The molecule has 2 aromatic rings. The highest BCUT2D eigenvalue weighted by molar-refractivity contribution is 6.46. The maximum Gasteiger partial charge on any atom is 0.295 e. The fourth-order valence-corrected chi connectivity index (χ4v) is 3.90. The van der Waals surface area contributed by atoms with E-state index in [-0.39, 0.29) is 11.3 Å². The van der Waals surface area contributed by atoms with Crippen LogP contribution in [0.4, 0.5) is 0 Å². The van der Waals surface area contributed by atoms with E-state index in [0.29, 0.717) is 36.1 Å². The zero-order valence-electron chi connectivity index (χ0n) is 19.8. The smallest absolute Gasteiger partial charge is 0.295 e. The van der Waals surface area contributed by atoms with Crippen molar-refractivity contribution in [3.63, 3.8) is 0 Å². The number of unbranched alkanes of at least 4 members (excludes halogenated alkanes) is 2. The number of rotatable bonds is 10. The van der Waals surface area contributed by atoms with Crippen molar-refractivity contribution in [1.82, 2.24) is 4.90 Å². The van der Waals surface area contributed by atoms with Gasteiger partial charge in [0.25, 0.3) is 11.7 Å². The van der Waals surface area contributed by atoms with Gasteiger partial charge in [-0.1, -0.05) is 45.7 Å². The molecular weight excluding hydrogens is 418 g/mol. The van der Waals surface area contributed by atoms with Crippen molar-refractivity contribution in [2.45, 2.75) is 46.1 Å². The van der Waals surface area contributed by atoms with Crippen molar-refractivity contribution >= 4 is 17.4 Å². The van der Waals surface area contributed by atoms with Crippen LogP contribution >= 0.6 is 0 Å². The van der Waals surface area contributed by atoms with Gasteiger partial charge >= 0.3 is 0 Å². The molecule has 0 bridgehead atoms. The Morgan fingerprint density at radius 2 is 1.64 bits per heavy atom. The van der Waals surface area contributed by atoms with Crippen LogP contribution in [0.1, 0.15) is 57.2 Å². The molecule has 3 rings (SSSR count). The van der Waals surface area contributed by atoms with Crippen molar-refractivity contribution in [2.75, 3.05) is 20.3 Å². The molecule has 0 radical (unpaired) electrons. The summed E-state index contributed by atoms with van der Waals surface area (Å²) in [4.78, 5) is 27.6. The molecule has 1 fully saturated rings. The predicted molar refractivity (Wildman–Crippen MR) is 128 cm³/mol. The third-order valence-corrected chi connectivity index (χ3v) is 5.69. The maximum atomic E-state index is 13.1. The topological polar surface area (TPSA) is 76.1 Å². The van der Waals surface area contributed by atoms with Crippen LogP contribution in [0.5, 0.6) is 11.5 Å². The van der Waals surface area contributed by atoms with E-state index < -0.39 is 17.7 Å². The first-order valence-corrected chi connectivity index (χ1v) is 11.5. The standard InChI is InChI=1S/C27H33NO5/c1-5-6-7-16-28-24(19-8-12-21(32-4)13-9-19)23(26(30)27(28)31)25(29)20-10-14-22(15-11-20)33-17-18(2)3/h8-15,18,24,29H,5-7,16-17H2,1-4H3/b25-23-. The van der Waals surface area contributed by atoms with Gasteiger partial charge in [0.2, 0.25) is 0 Å². The second-order valence-electron chi connectivity index (χ2n) is 8.70. The van der Waals surface area contributed by atoms with Crippen LogP contribution in [0.15, 0.2) is 54.1 Å². The van der Waals surface area contributed by atoms with E-state index in [9.17, 15) is 14.7 Å². The van der Waals surface area contributed by atoms with Gasteiger partial charge in [0.15, 0.2) is 0 Å². The fourth-order valence-electron chi connectivity index (χ4n) is 3.90. The van der Waals surface area contributed by atoms with E-state index in [2.05, 4.69) is 20.8 Å². The first kappa shape index (κ1) is 24.4. The summed E-state index contributed by atoms with van der Waals surface area (Å²) in [6.07, 6.45) is 2.75. The number of carbonyl (C=O) groups is 2. The molecule has 1 aliphatic rings. The van der Waals surface area contributed by atoms with Crippen molar-refractivity contribution in [3.05, 3.63) is 65.2 Å². The third kappa shape index (κ3) is 5.56. The van der Waals surface area contributed by atoms with Gasteiger partial charge in [0.05, 0.1) is 25.3 Å². The average Bonchev–Trinajstić information content (AvgIpc) is 3.08. The van der Waals surface area contributed by atoms with Crippen LogP contribution < -0.4 is 9.47 Å². The molecule has 2 aromatic carbocycles. The molecule has 1 unspecified atom stereocenters. The number of hydrogen-bond donors (Lipinski definition) is 1. The monoisotopic (exact) mass is 451 g/mol. The third-order valence-electron chi connectivity index (χ3n) is 5.69. The lowest BCUT2D eigenvalue weighted by Crippen LogP contribution is -2.30. The number of benzene rings is 2. The lowest BCUT2D eigenvalue weighted by atomic mass is 9.95. The molecule has 1 saturated heterocycles. The van der Waals surface area contributed by atoms with Crippen LogP contribution in [0.25, 0.3) is 5.76 Å². The number of hydrogen-bond acceptors (Lipinski definition) is 5. The fraction of sp³-hybridized carbons (Fsp3) is 0.407. The second-order valence-corrected chi connectivity index (χ2v) is 8.70. The Hall–Kier alpha value is -3.28. The first-order chi connectivity index (χ1) is 15.9. The Morgan fingerprint density at radius 1 is 1.00 bits per heavy atom. The van der Waals surface area contributed by atoms with E-state index >= 15 is 0 Å². The Bertz CT molecular complexity index is 992. The van der Waals surface area contributed by atoms with Crippen LogP contribution in [0.2, 0.25) is 0 Å². The Morgan fingerprint density at radius 3 is 2.21 bits per heavy atom. The SMILES string of the molecule is CCCCCN1C(=O)C(=O)/C(=C(\O)c2ccc(OCC(C)C)cc2)C1c1ccc(OC)cc1. The van der Waals surface area contributed by atoms with Gasteiger partial charge in [-0.3, -0.25) is 9.59 Å². The summed E-state index contributed by atoms with van der Waals surface area (Å²) in [7, 11) is 1.58. The number of nitrogens with zero attached hydrogens (tertiary/aromatic N) is 1. The molecule has 0 aromatic heterocycles. The molecule has 6 heteroatoms. The molecule has 0 aliphatic carbocycles. The van der Waals surface area contributed by atoms with Crippen LogP contribution in [0.3, 0.4) is 0 Å². The number of carbonyl (C=O) groups excluding carboxylic acids is 2. The molecule has 1 heterocycles. The summed E-state index contributed by atoms with van der Waals surface area (Å²) in [5, 5.41) is 11.2. The van der Waals surface area contributed by atoms with Crippen molar-refractivity contribution in [3.8, 4) is 11.5 Å². The van der Waals surface area contributed by atoms with Crippen molar-refractivity contribution < 1.29 is 24.2 Å². The number of aliphatic hydroxyl groups excluding tert-OH is 1. The van der Waals surface area contributed by atoms with E-state index in [1.54, 1.807) is 48.4 Å². The van der Waals surface area contributed by atoms with Gasteiger partial charge in [0, 0.05) is 12.1 Å². The zero-order chi connectivity index (χ0) is 24.0. The zero-order valence-corrected chi connectivity index (χ0v) is 19.8. The van der Waals surface area contributed by atoms with Crippen LogP contribution in [-0.4, -0.2) is 42.0 Å². The molecule has 1 amide bonds. The number of amides is 1. The molecule has 176 valence electrons. The summed E-state index contributed by atoms with van der Waals surface area (Å²) >= 11 is 0. The summed E-state index contributed by atoms with van der Waals surface area (Å²) in [5.74, 6) is 0.342. The highest BCUT2D eigenvalue weighted by atomic mass is 16.5. The van der Waals surface area contributed by atoms with Gasteiger partial charge < -0.3 is 19.5 Å². The minimum atomic E-state index is -0.662. The van der Waals surface area contributed by atoms with Crippen LogP contribution in [0, 0.1) is 5.92 Å². The minimum Gasteiger partial charge on any atom is -0.507 e. The van der Waals surface area contributed by atoms with Gasteiger partial charge in [-0.05, 0) is 54.3 Å². The Labute approximate surface area is 195 Å². The normalized spacial score (nSPS) is 17.6. The summed E-state index contributed by atoms with van der Waals surface area (Å²) in [6, 6.07) is 13.5. The number of aliphatic hydroxyl groups is 1. The van der Waals surface area contributed by atoms with Gasteiger partial charge in [-0.25, -0.2) is 0 Å². The van der Waals surface area contributed by atoms with Gasteiger partial charge in [-0.2, -0.15) is 0 Å². The molecule has 1 aliphatic heterocycles. The Balaban J connectivity index is 2.00. The molecule has 1 N–H and O–H groups in total. The second kappa shape index (κ2) is 11.0. The van der Waals surface area contributed by atoms with E-state index in [0.717, 1.165) is 24.8 Å². The molecule has 0 saturated carbocycles. The minimum absolute atomic E-state index is 0.109. The van der Waals surface area contributed by atoms with E-state index in [1.807, 2.05) is 12.1 Å². The summed E-state index contributed by atoms with van der Waals surface area (Å²) < 4.78 is 11.0. The molecule has 1 atom stereocenters. The molecule has 33 heavy (non-hydrogen) atoms. The summed E-state index contributed by atoms with van der Waals surface area (Å²) in [6.45, 7) is 7.26. The highest BCUT2D eigenvalue weighted by Gasteiger charge is 2.45. The largest absolute Gasteiger partial charge is 0.507 e. The van der Waals surface area contributed by atoms with Crippen molar-refractivity contribution in [2.24, 2.45) is 5.92 Å². The quantitative estimate of drug-likeness (QED) is 0.228. The molecule has 6 nitrogen and oxygen atoms in total. The average molecular weight is 452 g/mol. The molecule has 0 spiro atoms. The number of likely N-dealkylation sites (tertiary alicyclic amines) is 1. The van der Waals surface area contributed by atoms with Crippen molar-refractivity contribution in [1.29, 1.82) is 0 Å². The Kier molecular flexibility index (Phi) is 8.15. The first-order valence-electron chi connectivity index (χ1n) is 11.5. The number of Topliss-reactive ketones (excluding diaryl/α,β-unsaturated/α-hetero) is 1. The maximum absolute atomic E-state index is 13.1. The summed E-state index contributed by atoms with van der Waals surface area (Å²) in [5.41, 5.74) is 1.33. The lowest BCUT2D eigenvalue weighted by molar-refractivity contribution is -0.139. The van der Waals surface area contributed by atoms with E-state index in [1.165, 1.54) is 0 Å². The van der Waals surface area contributed by atoms with Crippen LogP contribution in [-0.2, 0) is 9.59 Å². The number of ether oxygens (including phenoxy) is 2. The van der Waals surface area contributed by atoms with Gasteiger partial charge in [0.1, 0.15) is 17.3 Å². The molecular formula is C27H33NO5. The number of methoxy groups -OCH3 is 1. The number of ketones is 1. The lowest BCUT2D eigenvalue weighted by Gasteiger charge is -2.25. The highest BCUT2D eigenvalue weighted by Crippen LogP contribution is 2.40. The predicted octanol–water partition coefficient (Wildman–Crippen LogP) is 5.34.